The van der Waals surface area contributed by atoms with E-state index in [-0.39, 0.29) is 5.54 Å². The van der Waals surface area contributed by atoms with Crippen molar-refractivity contribution in [1.29, 1.82) is 5.26 Å². The summed E-state index contributed by atoms with van der Waals surface area (Å²) in [6, 6.07) is 3.60. The van der Waals surface area contributed by atoms with E-state index in [1.807, 2.05) is 4.68 Å². The second-order valence-electron chi connectivity index (χ2n) is 6.20. The average Bonchev–Trinajstić information content (AvgIpc) is 3.32. The number of nitriles is 1. The van der Waals surface area contributed by atoms with Gasteiger partial charge in [-0.2, -0.15) is 5.26 Å². The summed E-state index contributed by atoms with van der Waals surface area (Å²) >= 11 is 1.63. The molecule has 3 saturated carbocycles. The van der Waals surface area contributed by atoms with Gasteiger partial charge in [0.05, 0.1) is 12.1 Å². The molecule has 0 aromatic carbocycles. The van der Waals surface area contributed by atoms with Crippen molar-refractivity contribution in [2.75, 3.05) is 5.75 Å². The number of thioether (sulfide) groups is 1. The lowest BCUT2D eigenvalue weighted by Crippen LogP contribution is -2.49. The molecular formula is C13H18N6S. The van der Waals surface area contributed by atoms with Gasteiger partial charge >= 0.3 is 0 Å². The average molecular weight is 290 g/mol. The first kappa shape index (κ1) is 12.6. The molecule has 3 fully saturated rings. The molecule has 1 atom stereocenters. The third kappa shape index (κ3) is 2.42. The standard InChI is InChI=1S/C13H18N6S/c14-7-13(9-1-2-9,15-10-3-4-10)8-20-12-16-17-18-19(12)11-5-6-11/h9-11,15H,1-6,8H2. The maximum absolute atomic E-state index is 9.70. The van der Waals surface area contributed by atoms with Crippen molar-refractivity contribution in [2.24, 2.45) is 5.92 Å². The van der Waals surface area contributed by atoms with E-state index in [0.29, 0.717) is 18.0 Å². The fourth-order valence-electron chi connectivity index (χ4n) is 2.61. The van der Waals surface area contributed by atoms with Crippen molar-refractivity contribution < 1.29 is 0 Å². The molecule has 0 amide bonds. The van der Waals surface area contributed by atoms with Gasteiger partial charge in [-0.3, -0.25) is 5.32 Å². The number of hydrogen-bond donors (Lipinski definition) is 1. The molecule has 1 heterocycles. The normalized spacial score (nSPS) is 25.1. The Hall–Kier alpha value is -1.13. The number of aromatic nitrogens is 4. The molecule has 3 aliphatic carbocycles. The van der Waals surface area contributed by atoms with Gasteiger partial charge in [-0.1, -0.05) is 11.8 Å². The Bertz CT molecular complexity index is 539. The van der Waals surface area contributed by atoms with Crippen LogP contribution in [0.3, 0.4) is 0 Å². The van der Waals surface area contributed by atoms with E-state index in [1.165, 1.54) is 38.5 Å². The van der Waals surface area contributed by atoms with E-state index in [4.69, 9.17) is 0 Å². The van der Waals surface area contributed by atoms with Crippen LogP contribution in [0.25, 0.3) is 0 Å². The molecule has 6 nitrogen and oxygen atoms in total. The Balaban J connectivity index is 1.47. The number of nitrogens with zero attached hydrogens (tertiary/aromatic N) is 5. The van der Waals surface area contributed by atoms with Crippen LogP contribution >= 0.6 is 11.8 Å². The molecule has 0 spiro atoms. The highest BCUT2D eigenvalue weighted by Gasteiger charge is 2.48. The zero-order valence-electron chi connectivity index (χ0n) is 11.3. The van der Waals surface area contributed by atoms with Crippen molar-refractivity contribution in [3.05, 3.63) is 0 Å². The minimum atomic E-state index is -0.383. The van der Waals surface area contributed by atoms with Gasteiger partial charge in [0.25, 0.3) is 0 Å². The van der Waals surface area contributed by atoms with E-state index in [2.05, 4.69) is 26.9 Å². The molecule has 106 valence electrons. The third-order valence-corrected chi connectivity index (χ3v) is 5.42. The number of hydrogen-bond acceptors (Lipinski definition) is 6. The molecule has 0 saturated heterocycles. The largest absolute Gasteiger partial charge is 0.296 e. The predicted octanol–water partition coefficient (Wildman–Crippen LogP) is 1.52. The molecule has 1 unspecified atom stereocenters. The monoisotopic (exact) mass is 290 g/mol. The molecule has 0 radical (unpaired) electrons. The SMILES string of the molecule is N#CC(CSc1nnnn1C1CC1)(NC1CC1)C1CC1. The Morgan fingerprint density at radius 2 is 2.10 bits per heavy atom. The summed E-state index contributed by atoms with van der Waals surface area (Å²) < 4.78 is 1.93. The van der Waals surface area contributed by atoms with Crippen LogP contribution < -0.4 is 5.32 Å². The molecule has 0 bridgehead atoms. The molecule has 1 aromatic heterocycles. The highest BCUT2D eigenvalue weighted by Crippen LogP contribution is 2.44. The van der Waals surface area contributed by atoms with Crippen LogP contribution in [0, 0.1) is 17.2 Å². The van der Waals surface area contributed by atoms with E-state index in [9.17, 15) is 5.26 Å². The number of tetrazole rings is 1. The molecule has 1 N–H and O–H groups in total. The summed E-state index contributed by atoms with van der Waals surface area (Å²) in [6.45, 7) is 0. The number of nitrogens with one attached hydrogen (secondary N) is 1. The van der Waals surface area contributed by atoms with Crippen LogP contribution in [-0.2, 0) is 0 Å². The molecule has 7 heteroatoms. The zero-order chi connectivity index (χ0) is 13.6. The number of rotatable bonds is 7. The Kier molecular flexibility index (Phi) is 2.97. The van der Waals surface area contributed by atoms with Gasteiger partial charge in [0.1, 0.15) is 5.54 Å². The van der Waals surface area contributed by atoms with E-state index < -0.39 is 0 Å². The first-order valence-electron chi connectivity index (χ1n) is 7.40. The van der Waals surface area contributed by atoms with Crippen molar-refractivity contribution in [3.63, 3.8) is 0 Å². The van der Waals surface area contributed by atoms with Crippen LogP contribution in [0.5, 0.6) is 0 Å². The lowest BCUT2D eigenvalue weighted by atomic mass is 9.97. The van der Waals surface area contributed by atoms with Crippen LogP contribution in [0.15, 0.2) is 5.16 Å². The van der Waals surface area contributed by atoms with Gasteiger partial charge in [0.15, 0.2) is 0 Å². The quantitative estimate of drug-likeness (QED) is 0.767. The van der Waals surface area contributed by atoms with Crippen molar-refractivity contribution in [3.8, 4) is 6.07 Å². The second-order valence-corrected chi connectivity index (χ2v) is 7.14. The third-order valence-electron chi connectivity index (χ3n) is 4.30. The van der Waals surface area contributed by atoms with Crippen molar-refractivity contribution in [1.82, 2.24) is 25.5 Å². The zero-order valence-corrected chi connectivity index (χ0v) is 12.1. The van der Waals surface area contributed by atoms with Gasteiger partial charge in [0, 0.05) is 11.8 Å². The summed E-state index contributed by atoms with van der Waals surface area (Å²) in [5, 5.41) is 26.1. The summed E-state index contributed by atoms with van der Waals surface area (Å²) in [6.07, 6.45) is 7.10. The van der Waals surface area contributed by atoms with E-state index in [1.54, 1.807) is 11.8 Å². The predicted molar refractivity (Wildman–Crippen MR) is 74.0 cm³/mol. The molecule has 3 aliphatic rings. The molecule has 20 heavy (non-hydrogen) atoms. The molecule has 1 aromatic rings. The molecule has 0 aliphatic heterocycles. The van der Waals surface area contributed by atoms with Crippen LogP contribution in [0.4, 0.5) is 0 Å². The van der Waals surface area contributed by atoms with Crippen LogP contribution in [-0.4, -0.2) is 37.5 Å². The van der Waals surface area contributed by atoms with Gasteiger partial charge in [-0.15, -0.1) is 5.10 Å². The lowest BCUT2D eigenvalue weighted by molar-refractivity contribution is 0.401. The molecular weight excluding hydrogens is 272 g/mol. The maximum Gasteiger partial charge on any atom is 0.209 e. The topological polar surface area (TPSA) is 79.4 Å². The Morgan fingerprint density at radius 3 is 2.70 bits per heavy atom. The second kappa shape index (κ2) is 4.71. The van der Waals surface area contributed by atoms with Crippen LogP contribution in [0.2, 0.25) is 0 Å². The van der Waals surface area contributed by atoms with Gasteiger partial charge < -0.3 is 0 Å². The Labute approximate surface area is 122 Å². The fraction of sp³-hybridized carbons (Fsp3) is 0.846. The summed E-state index contributed by atoms with van der Waals surface area (Å²) in [5.74, 6) is 1.25. The first-order chi connectivity index (χ1) is 9.81. The minimum Gasteiger partial charge on any atom is -0.296 e. The van der Waals surface area contributed by atoms with Crippen molar-refractivity contribution >= 4 is 11.8 Å². The van der Waals surface area contributed by atoms with Gasteiger partial charge in [-0.05, 0) is 54.9 Å². The Morgan fingerprint density at radius 1 is 1.30 bits per heavy atom. The maximum atomic E-state index is 9.70. The van der Waals surface area contributed by atoms with E-state index >= 15 is 0 Å². The van der Waals surface area contributed by atoms with Gasteiger partial charge in [-0.25, -0.2) is 4.68 Å². The van der Waals surface area contributed by atoms with E-state index in [0.717, 1.165) is 10.9 Å². The van der Waals surface area contributed by atoms with Gasteiger partial charge in [0.2, 0.25) is 5.16 Å². The molecule has 4 rings (SSSR count). The first-order valence-corrected chi connectivity index (χ1v) is 8.39. The minimum absolute atomic E-state index is 0.383. The van der Waals surface area contributed by atoms with Crippen LogP contribution in [0.1, 0.15) is 44.6 Å². The fourth-order valence-corrected chi connectivity index (χ4v) is 3.76. The highest BCUT2D eigenvalue weighted by molar-refractivity contribution is 7.99. The lowest BCUT2D eigenvalue weighted by Gasteiger charge is -2.27. The summed E-state index contributed by atoms with van der Waals surface area (Å²) in [5.41, 5.74) is -0.383. The smallest absolute Gasteiger partial charge is 0.209 e. The highest BCUT2D eigenvalue weighted by atomic mass is 32.2. The van der Waals surface area contributed by atoms with Crippen molar-refractivity contribution in [2.45, 2.75) is 61.3 Å². The summed E-state index contributed by atoms with van der Waals surface area (Å²) in [4.78, 5) is 0. The summed E-state index contributed by atoms with van der Waals surface area (Å²) in [7, 11) is 0.